The average molecular weight is 484 g/mol. The molecule has 2 fully saturated rings. The lowest BCUT2D eigenvalue weighted by Gasteiger charge is -2.46. The van der Waals surface area contributed by atoms with Crippen LogP contribution in [0.25, 0.3) is 0 Å². The SMILES string of the molecule is CN(C(=O)[C@@H]1[C@@H](Cc2ccnc(N)c2)C(=O)N1C(=O)N[C@@H](c1ccccc1)C1CC1)c1ccccc1. The zero-order chi connectivity index (χ0) is 25.2. The molecule has 1 saturated carbocycles. The molecule has 0 spiro atoms. The van der Waals surface area contributed by atoms with Crippen LogP contribution < -0.4 is 16.0 Å². The zero-order valence-corrected chi connectivity index (χ0v) is 20.1. The number of carbonyl (C=O) groups is 3. The summed E-state index contributed by atoms with van der Waals surface area (Å²) in [5.41, 5.74) is 8.30. The molecule has 3 aromatic rings. The molecule has 5 rings (SSSR count). The van der Waals surface area contributed by atoms with Crippen molar-refractivity contribution >= 4 is 29.4 Å². The Labute approximate surface area is 210 Å². The first-order chi connectivity index (χ1) is 17.4. The maximum absolute atomic E-state index is 13.7. The Morgan fingerprint density at radius 1 is 1.08 bits per heavy atom. The quantitative estimate of drug-likeness (QED) is 0.500. The average Bonchev–Trinajstić information content (AvgIpc) is 3.74. The molecule has 4 amide bonds. The summed E-state index contributed by atoms with van der Waals surface area (Å²) in [7, 11) is 1.66. The van der Waals surface area contributed by atoms with Crippen molar-refractivity contribution in [2.45, 2.75) is 31.3 Å². The Balaban J connectivity index is 1.41. The lowest BCUT2D eigenvalue weighted by Crippen LogP contribution is -2.70. The number of benzene rings is 2. The molecule has 2 aromatic carbocycles. The Bertz CT molecular complexity index is 1260. The van der Waals surface area contributed by atoms with Crippen molar-refractivity contribution in [3.63, 3.8) is 0 Å². The van der Waals surface area contributed by atoms with Crippen molar-refractivity contribution in [2.24, 2.45) is 11.8 Å². The van der Waals surface area contributed by atoms with Gasteiger partial charge >= 0.3 is 6.03 Å². The van der Waals surface area contributed by atoms with Gasteiger partial charge in [0.25, 0.3) is 5.91 Å². The van der Waals surface area contributed by atoms with Gasteiger partial charge in [0.15, 0.2) is 0 Å². The van der Waals surface area contributed by atoms with E-state index >= 15 is 0 Å². The maximum atomic E-state index is 13.7. The number of para-hydroxylation sites is 1. The van der Waals surface area contributed by atoms with Crippen molar-refractivity contribution in [3.05, 3.63) is 90.1 Å². The fourth-order valence-electron chi connectivity index (χ4n) is 4.87. The number of carbonyl (C=O) groups excluding carboxylic acids is 3. The number of nitrogens with zero attached hydrogens (tertiary/aromatic N) is 3. The van der Waals surface area contributed by atoms with Gasteiger partial charge in [0.1, 0.15) is 11.9 Å². The molecule has 184 valence electrons. The molecule has 36 heavy (non-hydrogen) atoms. The molecular weight excluding hydrogens is 454 g/mol. The Hall–Kier alpha value is -4.20. The molecule has 0 radical (unpaired) electrons. The number of hydrogen-bond donors (Lipinski definition) is 2. The second-order valence-electron chi connectivity index (χ2n) is 9.46. The standard InChI is InChI=1S/C28H29N5O3/c1-32(21-10-6-3-7-11-21)27(35)25-22(16-18-14-15-30-23(29)17-18)26(34)33(25)28(36)31-24(20-12-13-20)19-8-4-2-5-9-19/h2-11,14-15,17,20,22,24-25H,12-13,16H2,1H3,(H2,29,30)(H,31,36)/t22-,24+,25+/m1/s1. The number of β-lactam (4-membered cyclic amide) rings is 1. The van der Waals surface area contributed by atoms with E-state index in [-0.39, 0.29) is 17.9 Å². The zero-order valence-electron chi connectivity index (χ0n) is 20.1. The molecule has 8 nitrogen and oxygen atoms in total. The van der Waals surface area contributed by atoms with Crippen molar-refractivity contribution in [1.29, 1.82) is 0 Å². The second-order valence-corrected chi connectivity index (χ2v) is 9.46. The highest BCUT2D eigenvalue weighted by Crippen LogP contribution is 2.41. The molecule has 1 aromatic heterocycles. The molecule has 8 heteroatoms. The van der Waals surface area contributed by atoms with Gasteiger partial charge in [-0.25, -0.2) is 9.78 Å². The number of amides is 4. The van der Waals surface area contributed by atoms with Crippen LogP contribution in [0.4, 0.5) is 16.3 Å². The van der Waals surface area contributed by atoms with Crippen LogP contribution in [-0.2, 0) is 16.0 Å². The van der Waals surface area contributed by atoms with Gasteiger partial charge in [0, 0.05) is 18.9 Å². The van der Waals surface area contributed by atoms with Crippen LogP contribution in [-0.4, -0.2) is 40.8 Å². The first-order valence-corrected chi connectivity index (χ1v) is 12.2. The van der Waals surface area contributed by atoms with Crippen LogP contribution in [0.15, 0.2) is 79.0 Å². The van der Waals surface area contributed by atoms with Gasteiger partial charge in [-0.1, -0.05) is 48.5 Å². The predicted molar refractivity (Wildman–Crippen MR) is 137 cm³/mol. The van der Waals surface area contributed by atoms with Gasteiger partial charge in [0.2, 0.25) is 5.91 Å². The number of hydrogen-bond acceptors (Lipinski definition) is 5. The number of likely N-dealkylation sites (N-methyl/N-ethyl adjacent to an activating group) is 1. The fourth-order valence-corrected chi connectivity index (χ4v) is 4.87. The van der Waals surface area contributed by atoms with Crippen molar-refractivity contribution < 1.29 is 14.4 Å². The lowest BCUT2D eigenvalue weighted by atomic mass is 9.81. The predicted octanol–water partition coefficient (Wildman–Crippen LogP) is 3.56. The topological polar surface area (TPSA) is 109 Å². The number of nitrogen functional groups attached to an aromatic ring is 1. The number of likely N-dealkylation sites (tertiary alicyclic amines) is 1. The van der Waals surface area contributed by atoms with Gasteiger partial charge < -0.3 is 16.0 Å². The highest BCUT2D eigenvalue weighted by Gasteiger charge is 2.55. The molecular formula is C28H29N5O3. The van der Waals surface area contributed by atoms with E-state index in [1.54, 1.807) is 25.4 Å². The number of rotatable bonds is 7. The molecule has 3 N–H and O–H groups in total. The molecule has 2 heterocycles. The van der Waals surface area contributed by atoms with Gasteiger partial charge in [0.05, 0.1) is 12.0 Å². The molecule has 1 aliphatic carbocycles. The summed E-state index contributed by atoms with van der Waals surface area (Å²) < 4.78 is 0. The number of nitrogens with two attached hydrogens (primary N) is 1. The number of aromatic nitrogens is 1. The summed E-state index contributed by atoms with van der Waals surface area (Å²) in [6, 6.07) is 20.7. The van der Waals surface area contributed by atoms with Gasteiger partial charge in [-0.15, -0.1) is 0 Å². The van der Waals surface area contributed by atoms with Crippen LogP contribution in [0.5, 0.6) is 0 Å². The second kappa shape index (κ2) is 9.81. The minimum absolute atomic E-state index is 0.201. The smallest absolute Gasteiger partial charge is 0.325 e. The van der Waals surface area contributed by atoms with E-state index in [2.05, 4.69) is 10.3 Å². The summed E-state index contributed by atoms with van der Waals surface area (Å²) in [6.45, 7) is 0. The number of urea groups is 1. The third-order valence-corrected chi connectivity index (χ3v) is 6.99. The highest BCUT2D eigenvalue weighted by molar-refractivity contribution is 6.12. The number of anilines is 2. The Morgan fingerprint density at radius 2 is 1.75 bits per heavy atom. The van der Waals surface area contributed by atoms with Gasteiger partial charge in [-0.05, 0) is 60.6 Å². The van der Waals surface area contributed by atoms with E-state index in [9.17, 15) is 14.4 Å². The van der Waals surface area contributed by atoms with Crippen LogP contribution >= 0.6 is 0 Å². The molecule has 0 unspecified atom stereocenters. The van der Waals surface area contributed by atoms with E-state index in [0.29, 0.717) is 23.8 Å². The lowest BCUT2D eigenvalue weighted by molar-refractivity contribution is -0.156. The first kappa shape index (κ1) is 23.5. The van der Waals surface area contributed by atoms with Crippen molar-refractivity contribution in [3.8, 4) is 0 Å². The normalized spacial score (nSPS) is 19.8. The minimum atomic E-state index is -0.923. The van der Waals surface area contributed by atoms with Crippen LogP contribution in [0, 0.1) is 11.8 Å². The number of imide groups is 1. The van der Waals surface area contributed by atoms with E-state index in [4.69, 9.17) is 5.73 Å². The number of nitrogens with one attached hydrogen (secondary N) is 1. The Morgan fingerprint density at radius 3 is 2.39 bits per heavy atom. The third kappa shape index (κ3) is 4.66. The monoisotopic (exact) mass is 483 g/mol. The molecule has 1 saturated heterocycles. The van der Waals surface area contributed by atoms with Crippen LogP contribution in [0.2, 0.25) is 0 Å². The van der Waals surface area contributed by atoms with Crippen LogP contribution in [0.1, 0.15) is 30.0 Å². The molecule has 2 aliphatic rings. The Kier molecular flexibility index (Phi) is 6.41. The van der Waals surface area contributed by atoms with E-state index in [1.165, 1.54) is 4.90 Å². The summed E-state index contributed by atoms with van der Waals surface area (Å²) >= 11 is 0. The van der Waals surface area contributed by atoms with Crippen molar-refractivity contribution in [1.82, 2.24) is 15.2 Å². The van der Waals surface area contributed by atoms with Gasteiger partial charge in [-0.3, -0.25) is 14.5 Å². The largest absolute Gasteiger partial charge is 0.384 e. The maximum Gasteiger partial charge on any atom is 0.325 e. The number of pyridine rings is 1. The van der Waals surface area contributed by atoms with Gasteiger partial charge in [-0.2, -0.15) is 0 Å². The third-order valence-electron chi connectivity index (χ3n) is 6.99. The van der Waals surface area contributed by atoms with E-state index < -0.39 is 18.0 Å². The summed E-state index contributed by atoms with van der Waals surface area (Å²) in [6.07, 6.45) is 3.89. The summed E-state index contributed by atoms with van der Waals surface area (Å²) in [5.74, 6) is -0.693. The summed E-state index contributed by atoms with van der Waals surface area (Å²) in [4.78, 5) is 47.1. The molecule has 1 aliphatic heterocycles. The first-order valence-electron chi connectivity index (χ1n) is 12.2. The fraction of sp³-hybridized carbons (Fsp3) is 0.286. The summed E-state index contributed by atoms with van der Waals surface area (Å²) in [5, 5.41) is 3.05. The molecule has 3 atom stereocenters. The van der Waals surface area contributed by atoms with Crippen molar-refractivity contribution in [2.75, 3.05) is 17.7 Å². The highest BCUT2D eigenvalue weighted by atomic mass is 16.2. The van der Waals surface area contributed by atoms with E-state index in [0.717, 1.165) is 28.9 Å². The molecule has 0 bridgehead atoms. The van der Waals surface area contributed by atoms with E-state index in [1.807, 2.05) is 60.7 Å². The van der Waals surface area contributed by atoms with Crippen LogP contribution in [0.3, 0.4) is 0 Å². The minimum Gasteiger partial charge on any atom is -0.384 e.